The first-order chi connectivity index (χ1) is 9.25. The Bertz CT molecular complexity index is 522. The summed E-state index contributed by atoms with van der Waals surface area (Å²) in [6.45, 7) is 1.43. The smallest absolute Gasteiger partial charge is 0.432 e. The van der Waals surface area contributed by atoms with E-state index in [-0.39, 0.29) is 19.1 Å². The van der Waals surface area contributed by atoms with Crippen LogP contribution in [-0.2, 0) is 14.4 Å². The molecule has 1 saturated heterocycles. The van der Waals surface area contributed by atoms with Crippen LogP contribution in [-0.4, -0.2) is 41.2 Å². The number of hydrogen-bond donors (Lipinski definition) is 1. The average molecular weight is 293 g/mol. The molecule has 0 saturated carbocycles. The third kappa shape index (κ3) is 3.26. The van der Waals surface area contributed by atoms with Crippen LogP contribution in [0.3, 0.4) is 0 Å². The zero-order valence-corrected chi connectivity index (χ0v) is 10.2. The number of amides is 1. The third-order valence-electron chi connectivity index (χ3n) is 2.51. The van der Waals surface area contributed by atoms with E-state index >= 15 is 0 Å². The molecule has 0 bridgehead atoms. The van der Waals surface area contributed by atoms with Gasteiger partial charge >= 0.3 is 18.2 Å². The molecule has 0 radical (unpaired) electrons. The SMILES string of the molecule is Cc1coc(NC(=O)C2CN(OC(=O)C(F)(F)F)C2)n1. The molecule has 7 nitrogen and oxygen atoms in total. The van der Waals surface area contributed by atoms with Gasteiger partial charge in [-0.15, -0.1) is 5.06 Å². The lowest BCUT2D eigenvalue weighted by Crippen LogP contribution is -2.53. The summed E-state index contributed by atoms with van der Waals surface area (Å²) in [4.78, 5) is 30.0. The maximum atomic E-state index is 11.9. The molecule has 1 aliphatic heterocycles. The zero-order chi connectivity index (χ0) is 14.9. The van der Waals surface area contributed by atoms with E-state index in [1.165, 1.54) is 6.26 Å². The molecule has 0 aromatic carbocycles. The van der Waals surface area contributed by atoms with Crippen LogP contribution in [0.15, 0.2) is 10.7 Å². The summed E-state index contributed by atoms with van der Waals surface area (Å²) in [5.41, 5.74) is 0.578. The van der Waals surface area contributed by atoms with Crippen LogP contribution in [0.4, 0.5) is 19.2 Å². The highest BCUT2D eigenvalue weighted by atomic mass is 19.4. The van der Waals surface area contributed by atoms with Gasteiger partial charge in [-0.25, -0.2) is 4.79 Å². The first kappa shape index (κ1) is 14.3. The van der Waals surface area contributed by atoms with Crippen molar-refractivity contribution in [2.75, 3.05) is 18.4 Å². The van der Waals surface area contributed by atoms with Crippen LogP contribution < -0.4 is 5.32 Å². The topological polar surface area (TPSA) is 84.7 Å². The lowest BCUT2D eigenvalue weighted by molar-refractivity contribution is -0.256. The fraction of sp³-hybridized carbons (Fsp3) is 0.500. The van der Waals surface area contributed by atoms with Gasteiger partial charge in [0.1, 0.15) is 6.26 Å². The Balaban J connectivity index is 1.76. The number of rotatable bonds is 3. The predicted octanol–water partition coefficient (Wildman–Crippen LogP) is 0.874. The molecule has 1 aromatic rings. The number of oxazole rings is 1. The minimum atomic E-state index is -5.05. The van der Waals surface area contributed by atoms with Crippen molar-refractivity contribution in [2.45, 2.75) is 13.1 Å². The van der Waals surface area contributed by atoms with Crippen LogP contribution >= 0.6 is 0 Å². The van der Waals surface area contributed by atoms with E-state index in [2.05, 4.69) is 15.1 Å². The Morgan fingerprint density at radius 1 is 1.50 bits per heavy atom. The number of halogens is 3. The summed E-state index contributed by atoms with van der Waals surface area (Å²) in [5.74, 6) is -3.37. The molecule has 0 unspecified atom stereocenters. The molecule has 1 fully saturated rings. The number of alkyl halides is 3. The maximum Gasteiger partial charge on any atom is 0.492 e. The van der Waals surface area contributed by atoms with Gasteiger partial charge < -0.3 is 9.25 Å². The van der Waals surface area contributed by atoms with Gasteiger partial charge in [-0.3, -0.25) is 10.1 Å². The van der Waals surface area contributed by atoms with Crippen molar-refractivity contribution in [1.29, 1.82) is 0 Å². The number of hydrogen-bond acceptors (Lipinski definition) is 6. The fourth-order valence-corrected chi connectivity index (χ4v) is 1.47. The number of carbonyl (C=O) groups excluding carboxylic acids is 2. The lowest BCUT2D eigenvalue weighted by Gasteiger charge is -2.35. The van der Waals surface area contributed by atoms with Crippen LogP contribution in [0.5, 0.6) is 0 Å². The van der Waals surface area contributed by atoms with Crippen LogP contribution in [0, 0.1) is 12.8 Å². The van der Waals surface area contributed by atoms with Crippen molar-refractivity contribution >= 4 is 17.9 Å². The van der Waals surface area contributed by atoms with E-state index in [9.17, 15) is 22.8 Å². The number of carbonyl (C=O) groups is 2. The summed E-state index contributed by atoms with van der Waals surface area (Å²) < 4.78 is 40.6. The number of aryl methyl sites for hydroxylation is 1. The zero-order valence-electron chi connectivity index (χ0n) is 10.2. The molecular formula is C10H10F3N3O4. The van der Waals surface area contributed by atoms with E-state index in [0.717, 1.165) is 5.06 Å². The molecule has 1 aromatic heterocycles. The van der Waals surface area contributed by atoms with Crippen molar-refractivity contribution in [1.82, 2.24) is 10.0 Å². The van der Waals surface area contributed by atoms with E-state index in [0.29, 0.717) is 5.69 Å². The van der Waals surface area contributed by atoms with E-state index in [1.54, 1.807) is 6.92 Å². The van der Waals surface area contributed by atoms with Crippen molar-refractivity contribution in [3.8, 4) is 0 Å². The van der Waals surface area contributed by atoms with Gasteiger partial charge in [-0.05, 0) is 6.92 Å². The minimum absolute atomic E-state index is 0.0123. The summed E-state index contributed by atoms with van der Waals surface area (Å²) in [5, 5.41) is 3.13. The summed E-state index contributed by atoms with van der Waals surface area (Å²) in [6, 6.07) is 0.0123. The van der Waals surface area contributed by atoms with Gasteiger partial charge in [-0.1, -0.05) is 0 Å². The van der Waals surface area contributed by atoms with Crippen molar-refractivity contribution in [3.63, 3.8) is 0 Å². The molecule has 1 N–H and O–H groups in total. The molecule has 110 valence electrons. The molecule has 0 spiro atoms. The second-order valence-corrected chi connectivity index (χ2v) is 4.20. The highest BCUT2D eigenvalue weighted by Gasteiger charge is 2.45. The van der Waals surface area contributed by atoms with Crippen LogP contribution in [0.1, 0.15) is 5.69 Å². The number of hydroxylamine groups is 2. The lowest BCUT2D eigenvalue weighted by atomic mass is 10.0. The van der Waals surface area contributed by atoms with Gasteiger partial charge in [0, 0.05) is 13.1 Å². The second-order valence-electron chi connectivity index (χ2n) is 4.20. The Kier molecular flexibility index (Phi) is 3.66. The largest absolute Gasteiger partial charge is 0.492 e. The van der Waals surface area contributed by atoms with Crippen molar-refractivity contribution < 1.29 is 32.0 Å². The second kappa shape index (κ2) is 5.12. The van der Waals surface area contributed by atoms with Gasteiger partial charge in [-0.2, -0.15) is 18.2 Å². The molecule has 1 aliphatic rings. The third-order valence-corrected chi connectivity index (χ3v) is 2.51. The quantitative estimate of drug-likeness (QED) is 0.890. The normalized spacial score (nSPS) is 16.6. The molecule has 0 atom stereocenters. The molecular weight excluding hydrogens is 283 g/mol. The number of nitrogens with one attached hydrogen (secondary N) is 1. The Labute approximate surface area is 110 Å². The van der Waals surface area contributed by atoms with Crippen LogP contribution in [0.25, 0.3) is 0 Å². The predicted molar refractivity (Wildman–Crippen MR) is 57.1 cm³/mol. The van der Waals surface area contributed by atoms with Crippen molar-refractivity contribution in [2.24, 2.45) is 5.92 Å². The highest BCUT2D eigenvalue weighted by Crippen LogP contribution is 2.22. The van der Waals surface area contributed by atoms with E-state index in [1.807, 2.05) is 0 Å². The minimum Gasteiger partial charge on any atom is -0.432 e. The summed E-state index contributed by atoms with van der Waals surface area (Å²) in [6.07, 6.45) is -3.71. The van der Waals surface area contributed by atoms with Gasteiger partial charge in [0.15, 0.2) is 0 Å². The summed E-state index contributed by atoms with van der Waals surface area (Å²) in [7, 11) is 0. The first-order valence-corrected chi connectivity index (χ1v) is 5.53. The number of aromatic nitrogens is 1. The molecule has 1 amide bonds. The molecule has 2 rings (SSSR count). The highest BCUT2D eigenvalue weighted by molar-refractivity contribution is 5.91. The summed E-state index contributed by atoms with van der Waals surface area (Å²) >= 11 is 0. The molecule has 20 heavy (non-hydrogen) atoms. The van der Waals surface area contributed by atoms with Gasteiger partial charge in [0.2, 0.25) is 5.91 Å². The Hall–Kier alpha value is -2.10. The maximum absolute atomic E-state index is 11.9. The van der Waals surface area contributed by atoms with Crippen LogP contribution in [0.2, 0.25) is 0 Å². The standard InChI is InChI=1S/C10H10F3N3O4/c1-5-4-19-9(14-5)15-7(17)6-2-16(3-6)20-8(18)10(11,12)13/h4,6H,2-3H2,1H3,(H,14,15,17). The average Bonchev–Trinajstić information content (AvgIpc) is 2.66. The molecule has 0 aliphatic carbocycles. The van der Waals surface area contributed by atoms with E-state index in [4.69, 9.17) is 4.42 Å². The fourth-order valence-electron chi connectivity index (χ4n) is 1.47. The van der Waals surface area contributed by atoms with Gasteiger partial charge in [0.05, 0.1) is 11.6 Å². The van der Waals surface area contributed by atoms with Gasteiger partial charge in [0.25, 0.3) is 0 Å². The number of anilines is 1. The monoisotopic (exact) mass is 293 g/mol. The molecule has 2 heterocycles. The first-order valence-electron chi connectivity index (χ1n) is 5.53. The number of nitrogens with zero attached hydrogens (tertiary/aromatic N) is 2. The van der Waals surface area contributed by atoms with E-state index < -0.39 is 24.0 Å². The Morgan fingerprint density at radius 2 is 2.15 bits per heavy atom. The Morgan fingerprint density at radius 3 is 2.65 bits per heavy atom. The van der Waals surface area contributed by atoms with Crippen molar-refractivity contribution in [3.05, 3.63) is 12.0 Å². The molecule has 10 heteroatoms.